The fraction of sp³-hybridized carbons (Fsp3) is 0.357. The predicted molar refractivity (Wildman–Crippen MR) is 73.3 cm³/mol. The van der Waals surface area contributed by atoms with Crippen molar-refractivity contribution >= 4 is 16.3 Å². The van der Waals surface area contributed by atoms with E-state index in [9.17, 15) is 0 Å². The van der Waals surface area contributed by atoms with Crippen LogP contribution in [0, 0.1) is 6.92 Å². The first kappa shape index (κ1) is 10.8. The smallest absolute Gasteiger partial charge is 0.125 e. The molecule has 3 rings (SSSR count). The number of anilines is 1. The van der Waals surface area contributed by atoms with Crippen molar-refractivity contribution in [3.05, 3.63) is 35.0 Å². The molecule has 0 fully saturated rings. The highest BCUT2D eigenvalue weighted by Crippen LogP contribution is 2.32. The Labute approximate surface area is 106 Å². The second kappa shape index (κ2) is 4.15. The number of nitrogens with two attached hydrogens (primary N) is 1. The number of nitrogen functional groups attached to an aromatic ring is 1. The molecule has 17 heavy (non-hydrogen) atoms. The van der Waals surface area contributed by atoms with Gasteiger partial charge in [0.05, 0.1) is 5.69 Å². The molecule has 0 saturated carbocycles. The maximum atomic E-state index is 5.87. The second-order valence-corrected chi connectivity index (χ2v) is 5.69. The van der Waals surface area contributed by atoms with Crippen LogP contribution in [0.3, 0.4) is 0 Å². The number of hydrogen-bond donors (Lipinski definition) is 1. The molecular formula is C14H16N2S. The van der Waals surface area contributed by atoms with Crippen LogP contribution in [-0.4, -0.2) is 4.98 Å². The zero-order chi connectivity index (χ0) is 11.8. The summed E-state index contributed by atoms with van der Waals surface area (Å²) in [7, 11) is 0. The van der Waals surface area contributed by atoms with Gasteiger partial charge in [-0.05, 0) is 49.8 Å². The number of benzene rings is 1. The summed E-state index contributed by atoms with van der Waals surface area (Å²) in [5, 5.41) is 1.88. The van der Waals surface area contributed by atoms with Crippen molar-refractivity contribution in [1.29, 1.82) is 0 Å². The Morgan fingerprint density at radius 3 is 2.65 bits per heavy atom. The molecule has 1 aliphatic carbocycles. The summed E-state index contributed by atoms with van der Waals surface area (Å²) >= 11 is 1.58. The maximum Gasteiger partial charge on any atom is 0.125 e. The molecule has 1 aliphatic rings. The van der Waals surface area contributed by atoms with Crippen LogP contribution in [-0.2, 0) is 12.8 Å². The third-order valence-electron chi connectivity index (χ3n) is 3.43. The summed E-state index contributed by atoms with van der Waals surface area (Å²) in [6, 6.07) is 6.74. The highest BCUT2D eigenvalue weighted by Gasteiger charge is 2.12. The SMILES string of the molecule is Cc1nc(-c2ccc3c(c2)CCCC3)sc1N. The molecule has 2 N–H and O–H groups in total. The van der Waals surface area contributed by atoms with Crippen LogP contribution in [0.1, 0.15) is 29.7 Å². The van der Waals surface area contributed by atoms with E-state index in [1.54, 1.807) is 11.3 Å². The van der Waals surface area contributed by atoms with Gasteiger partial charge in [0.1, 0.15) is 10.0 Å². The van der Waals surface area contributed by atoms with Crippen molar-refractivity contribution in [2.75, 3.05) is 5.73 Å². The Hall–Kier alpha value is -1.35. The van der Waals surface area contributed by atoms with E-state index in [1.807, 2.05) is 6.92 Å². The van der Waals surface area contributed by atoms with Crippen LogP contribution >= 0.6 is 11.3 Å². The molecule has 0 amide bonds. The lowest BCUT2D eigenvalue weighted by molar-refractivity contribution is 0.686. The molecule has 0 atom stereocenters. The number of aryl methyl sites for hydroxylation is 3. The first-order valence-corrected chi connectivity index (χ1v) is 6.91. The van der Waals surface area contributed by atoms with Gasteiger partial charge >= 0.3 is 0 Å². The highest BCUT2D eigenvalue weighted by atomic mass is 32.1. The van der Waals surface area contributed by atoms with Crippen molar-refractivity contribution in [3.8, 4) is 10.6 Å². The normalized spacial score (nSPS) is 14.6. The zero-order valence-corrected chi connectivity index (χ0v) is 10.8. The predicted octanol–water partition coefficient (Wildman–Crippen LogP) is 3.58. The number of aromatic nitrogens is 1. The Kier molecular flexibility index (Phi) is 2.63. The van der Waals surface area contributed by atoms with E-state index in [1.165, 1.54) is 42.4 Å². The van der Waals surface area contributed by atoms with Gasteiger partial charge < -0.3 is 5.73 Å². The molecule has 2 nitrogen and oxygen atoms in total. The largest absolute Gasteiger partial charge is 0.389 e. The van der Waals surface area contributed by atoms with Crippen molar-refractivity contribution in [2.24, 2.45) is 0 Å². The van der Waals surface area contributed by atoms with E-state index in [4.69, 9.17) is 5.73 Å². The van der Waals surface area contributed by atoms with Gasteiger partial charge in [-0.3, -0.25) is 0 Å². The molecular weight excluding hydrogens is 228 g/mol. The van der Waals surface area contributed by atoms with Crippen molar-refractivity contribution in [3.63, 3.8) is 0 Å². The lowest BCUT2D eigenvalue weighted by Gasteiger charge is -2.15. The Balaban J connectivity index is 2.03. The monoisotopic (exact) mass is 244 g/mol. The van der Waals surface area contributed by atoms with E-state index in [2.05, 4.69) is 23.2 Å². The van der Waals surface area contributed by atoms with Gasteiger partial charge in [0.2, 0.25) is 0 Å². The molecule has 2 aromatic rings. The van der Waals surface area contributed by atoms with Gasteiger partial charge in [0.15, 0.2) is 0 Å². The Bertz CT molecular complexity index is 538. The summed E-state index contributed by atoms with van der Waals surface area (Å²) in [5.41, 5.74) is 11.1. The molecule has 0 unspecified atom stereocenters. The van der Waals surface area contributed by atoms with E-state index < -0.39 is 0 Å². The first-order chi connectivity index (χ1) is 8.24. The molecule has 0 aliphatic heterocycles. The molecule has 0 radical (unpaired) electrons. The van der Waals surface area contributed by atoms with Gasteiger partial charge in [-0.2, -0.15) is 0 Å². The van der Waals surface area contributed by atoms with Gasteiger partial charge in [-0.15, -0.1) is 0 Å². The quantitative estimate of drug-likeness (QED) is 0.832. The number of thiazole rings is 1. The van der Waals surface area contributed by atoms with Crippen molar-refractivity contribution in [2.45, 2.75) is 32.6 Å². The van der Waals surface area contributed by atoms with Gasteiger partial charge in [-0.25, -0.2) is 4.98 Å². The molecule has 0 spiro atoms. The van der Waals surface area contributed by atoms with E-state index >= 15 is 0 Å². The van der Waals surface area contributed by atoms with Crippen LogP contribution in [0.25, 0.3) is 10.6 Å². The molecule has 1 heterocycles. The fourth-order valence-corrected chi connectivity index (χ4v) is 3.23. The summed E-state index contributed by atoms with van der Waals surface area (Å²) in [6.07, 6.45) is 5.09. The minimum absolute atomic E-state index is 0.831. The number of hydrogen-bond acceptors (Lipinski definition) is 3. The summed E-state index contributed by atoms with van der Waals surface area (Å²) in [6.45, 7) is 1.97. The molecule has 88 valence electrons. The van der Waals surface area contributed by atoms with Crippen molar-refractivity contribution < 1.29 is 0 Å². The topological polar surface area (TPSA) is 38.9 Å². The third-order valence-corrected chi connectivity index (χ3v) is 4.46. The highest BCUT2D eigenvalue weighted by molar-refractivity contribution is 7.18. The maximum absolute atomic E-state index is 5.87. The van der Waals surface area contributed by atoms with Crippen LogP contribution in [0.15, 0.2) is 18.2 Å². The summed E-state index contributed by atoms with van der Waals surface area (Å²) < 4.78 is 0. The lowest BCUT2D eigenvalue weighted by atomic mass is 9.90. The van der Waals surface area contributed by atoms with Crippen LogP contribution in [0.5, 0.6) is 0 Å². The van der Waals surface area contributed by atoms with Gasteiger partial charge in [0, 0.05) is 5.56 Å². The van der Waals surface area contributed by atoms with Crippen molar-refractivity contribution in [1.82, 2.24) is 4.98 Å². The summed E-state index contributed by atoms with van der Waals surface area (Å²) in [4.78, 5) is 4.52. The van der Waals surface area contributed by atoms with E-state index in [0.29, 0.717) is 0 Å². The standard InChI is InChI=1S/C14H16N2S/c1-9-13(15)17-14(16-9)12-7-6-10-4-2-3-5-11(10)8-12/h6-8H,2-5,15H2,1H3. The zero-order valence-electron chi connectivity index (χ0n) is 9.99. The summed E-state index contributed by atoms with van der Waals surface area (Å²) in [5.74, 6) is 0. The number of rotatable bonds is 1. The van der Waals surface area contributed by atoms with Crippen LogP contribution in [0.4, 0.5) is 5.00 Å². The van der Waals surface area contributed by atoms with Gasteiger partial charge in [-0.1, -0.05) is 23.5 Å². The van der Waals surface area contributed by atoms with Gasteiger partial charge in [0.25, 0.3) is 0 Å². The Morgan fingerprint density at radius 1 is 1.18 bits per heavy atom. The van der Waals surface area contributed by atoms with Crippen LogP contribution < -0.4 is 5.73 Å². The second-order valence-electron chi connectivity index (χ2n) is 4.66. The van der Waals surface area contributed by atoms with E-state index in [0.717, 1.165) is 15.7 Å². The minimum atomic E-state index is 0.831. The molecule has 3 heteroatoms. The average molecular weight is 244 g/mol. The van der Waals surface area contributed by atoms with Crippen LogP contribution in [0.2, 0.25) is 0 Å². The molecule has 0 saturated heterocycles. The minimum Gasteiger partial charge on any atom is -0.389 e. The molecule has 0 bridgehead atoms. The fourth-order valence-electron chi connectivity index (χ4n) is 2.40. The third kappa shape index (κ3) is 1.95. The first-order valence-electron chi connectivity index (χ1n) is 6.09. The lowest BCUT2D eigenvalue weighted by Crippen LogP contribution is -2.02. The van der Waals surface area contributed by atoms with E-state index in [-0.39, 0.29) is 0 Å². The Morgan fingerprint density at radius 2 is 1.94 bits per heavy atom. The average Bonchev–Trinajstić information content (AvgIpc) is 2.69. The molecule has 1 aromatic heterocycles. The number of nitrogens with zero attached hydrogens (tertiary/aromatic N) is 1. The number of fused-ring (bicyclic) bond motifs is 1. The molecule has 1 aromatic carbocycles.